The molecule has 3 heteroatoms. The van der Waals surface area contributed by atoms with Gasteiger partial charge in [0.05, 0.1) is 0 Å². The lowest BCUT2D eigenvalue weighted by atomic mass is 9.60. The predicted molar refractivity (Wildman–Crippen MR) is 119 cm³/mol. The van der Waals surface area contributed by atoms with Crippen LogP contribution in [0.3, 0.4) is 0 Å². The van der Waals surface area contributed by atoms with E-state index in [0.717, 1.165) is 42.4 Å². The van der Waals surface area contributed by atoms with E-state index in [-0.39, 0.29) is 18.3 Å². The van der Waals surface area contributed by atoms with Gasteiger partial charge in [-0.15, -0.1) is 0 Å². The summed E-state index contributed by atoms with van der Waals surface area (Å²) < 4.78 is 34.3. The summed E-state index contributed by atoms with van der Waals surface area (Å²) in [6, 6.07) is 3.32. The Kier molecular flexibility index (Phi) is 7.16. The lowest BCUT2D eigenvalue weighted by molar-refractivity contribution is 0.0628. The van der Waals surface area contributed by atoms with Gasteiger partial charge in [0.25, 0.3) is 0 Å². The van der Waals surface area contributed by atoms with Crippen molar-refractivity contribution in [2.24, 2.45) is 29.6 Å². The van der Waals surface area contributed by atoms with Gasteiger partial charge < -0.3 is 4.74 Å². The molecule has 4 atom stereocenters. The summed E-state index contributed by atoms with van der Waals surface area (Å²) in [6.07, 6.45) is 15.8. The van der Waals surface area contributed by atoms with Crippen molar-refractivity contribution in [3.63, 3.8) is 0 Å². The largest absolute Gasteiger partial charge is 0.486 e. The molecular weight excluding hydrogens is 378 g/mol. The lowest BCUT2D eigenvalue weighted by Gasteiger charge is -2.45. The standard InChI is InChI=1S/C27H38F2O/c1-3-15-30-25-14-13-24(26(28)27(25)29)20-9-7-19(8-10-20)22-12-11-21-16-18(4-2)5-6-23(21)17-22/h3,13-14,18-23H,1,4-12,15-17H2,2H3. The van der Waals surface area contributed by atoms with Crippen molar-refractivity contribution < 1.29 is 13.5 Å². The van der Waals surface area contributed by atoms with E-state index in [1.807, 2.05) is 0 Å². The summed E-state index contributed by atoms with van der Waals surface area (Å²) >= 11 is 0. The van der Waals surface area contributed by atoms with E-state index in [1.54, 1.807) is 12.1 Å². The van der Waals surface area contributed by atoms with Crippen molar-refractivity contribution in [2.45, 2.75) is 83.5 Å². The normalized spacial score (nSPS) is 34.2. The van der Waals surface area contributed by atoms with Gasteiger partial charge in [0, 0.05) is 0 Å². The van der Waals surface area contributed by atoms with Crippen LogP contribution in [0.25, 0.3) is 0 Å². The second-order valence-corrected chi connectivity index (χ2v) is 10.2. The van der Waals surface area contributed by atoms with Crippen LogP contribution in [0.1, 0.15) is 89.0 Å². The van der Waals surface area contributed by atoms with E-state index in [9.17, 15) is 8.78 Å². The molecular formula is C27H38F2O. The van der Waals surface area contributed by atoms with Gasteiger partial charge in [0.2, 0.25) is 5.82 Å². The Hall–Kier alpha value is -1.38. The highest BCUT2D eigenvalue weighted by atomic mass is 19.2. The molecule has 3 aliphatic rings. The van der Waals surface area contributed by atoms with Crippen molar-refractivity contribution in [3.05, 3.63) is 42.0 Å². The van der Waals surface area contributed by atoms with Crippen molar-refractivity contribution in [2.75, 3.05) is 6.61 Å². The number of fused-ring (bicyclic) bond motifs is 1. The smallest absolute Gasteiger partial charge is 0.200 e. The number of halogens is 2. The van der Waals surface area contributed by atoms with Gasteiger partial charge in [-0.3, -0.25) is 0 Å². The fourth-order valence-electron chi connectivity index (χ4n) is 6.85. The first kappa shape index (κ1) is 21.8. The fraction of sp³-hybridized carbons (Fsp3) is 0.704. The highest BCUT2D eigenvalue weighted by Gasteiger charge is 2.38. The van der Waals surface area contributed by atoms with Crippen LogP contribution in [0, 0.1) is 41.2 Å². The van der Waals surface area contributed by atoms with Crippen molar-refractivity contribution >= 4 is 0 Å². The number of rotatable bonds is 6. The van der Waals surface area contributed by atoms with E-state index in [2.05, 4.69) is 13.5 Å². The second kappa shape index (κ2) is 9.83. The third kappa shape index (κ3) is 4.60. The lowest BCUT2D eigenvalue weighted by Crippen LogP contribution is -2.34. The summed E-state index contributed by atoms with van der Waals surface area (Å²) in [5.41, 5.74) is 0.540. The second-order valence-electron chi connectivity index (χ2n) is 10.2. The molecule has 1 nitrogen and oxygen atoms in total. The van der Waals surface area contributed by atoms with Crippen LogP contribution in [0.4, 0.5) is 8.78 Å². The summed E-state index contributed by atoms with van der Waals surface area (Å²) in [5, 5.41) is 0. The first-order chi connectivity index (χ1) is 14.6. The first-order valence-electron chi connectivity index (χ1n) is 12.3. The zero-order chi connectivity index (χ0) is 21.1. The number of ether oxygens (including phenoxy) is 1. The van der Waals surface area contributed by atoms with Crippen LogP contribution in [-0.2, 0) is 0 Å². The summed E-state index contributed by atoms with van der Waals surface area (Å²) in [4.78, 5) is 0. The Morgan fingerprint density at radius 2 is 1.50 bits per heavy atom. The number of hydrogen-bond donors (Lipinski definition) is 0. The minimum Gasteiger partial charge on any atom is -0.486 e. The minimum absolute atomic E-state index is 0.0145. The molecule has 0 aromatic heterocycles. The van der Waals surface area contributed by atoms with Gasteiger partial charge in [0.15, 0.2) is 11.6 Å². The van der Waals surface area contributed by atoms with E-state index >= 15 is 0 Å². The third-order valence-corrected chi connectivity index (χ3v) is 8.65. The van der Waals surface area contributed by atoms with Gasteiger partial charge in [-0.05, 0) is 105 Å². The Bertz CT molecular complexity index is 722. The van der Waals surface area contributed by atoms with Crippen LogP contribution in [0.2, 0.25) is 0 Å². The van der Waals surface area contributed by atoms with Crippen LogP contribution < -0.4 is 4.74 Å². The molecule has 4 rings (SSSR count). The Balaban J connectivity index is 1.32. The SMILES string of the molecule is C=CCOc1ccc(C2CCC(C3CCC4CC(CC)CCC4C3)CC2)c(F)c1F. The summed E-state index contributed by atoms with van der Waals surface area (Å²) in [6.45, 7) is 6.09. The fourth-order valence-corrected chi connectivity index (χ4v) is 6.85. The van der Waals surface area contributed by atoms with Gasteiger partial charge in [-0.1, -0.05) is 38.5 Å². The third-order valence-electron chi connectivity index (χ3n) is 8.65. The van der Waals surface area contributed by atoms with Crippen molar-refractivity contribution in [1.29, 1.82) is 0 Å². The summed E-state index contributed by atoms with van der Waals surface area (Å²) in [5.74, 6) is 3.12. The van der Waals surface area contributed by atoms with Crippen molar-refractivity contribution in [3.8, 4) is 5.75 Å². The summed E-state index contributed by atoms with van der Waals surface area (Å²) in [7, 11) is 0. The molecule has 30 heavy (non-hydrogen) atoms. The molecule has 3 saturated carbocycles. The Morgan fingerprint density at radius 3 is 2.20 bits per heavy atom. The molecule has 1 aromatic carbocycles. The maximum atomic E-state index is 14.7. The molecule has 0 aliphatic heterocycles. The number of hydrogen-bond acceptors (Lipinski definition) is 1. The average Bonchev–Trinajstić information content (AvgIpc) is 2.79. The highest BCUT2D eigenvalue weighted by Crippen LogP contribution is 2.50. The highest BCUT2D eigenvalue weighted by molar-refractivity contribution is 5.33. The molecule has 0 saturated heterocycles. The first-order valence-corrected chi connectivity index (χ1v) is 12.3. The Labute approximate surface area is 181 Å². The topological polar surface area (TPSA) is 9.23 Å². The molecule has 4 unspecified atom stereocenters. The van der Waals surface area contributed by atoms with Gasteiger partial charge >= 0.3 is 0 Å². The molecule has 1 aromatic rings. The zero-order valence-corrected chi connectivity index (χ0v) is 18.6. The number of benzene rings is 1. The zero-order valence-electron chi connectivity index (χ0n) is 18.6. The average molecular weight is 417 g/mol. The Morgan fingerprint density at radius 1 is 0.867 bits per heavy atom. The van der Waals surface area contributed by atoms with E-state index < -0.39 is 11.6 Å². The van der Waals surface area contributed by atoms with Gasteiger partial charge in [-0.25, -0.2) is 4.39 Å². The molecule has 3 aliphatic carbocycles. The monoisotopic (exact) mass is 416 g/mol. The van der Waals surface area contributed by atoms with E-state index in [0.29, 0.717) is 5.56 Å². The predicted octanol–water partition coefficient (Wildman–Crippen LogP) is 8.05. The maximum Gasteiger partial charge on any atom is 0.200 e. The minimum atomic E-state index is -0.850. The van der Waals surface area contributed by atoms with Crippen LogP contribution >= 0.6 is 0 Å². The van der Waals surface area contributed by atoms with Crippen LogP contribution in [-0.4, -0.2) is 6.61 Å². The van der Waals surface area contributed by atoms with Crippen LogP contribution in [0.5, 0.6) is 5.75 Å². The molecule has 0 amide bonds. The molecule has 0 N–H and O–H groups in total. The molecule has 0 spiro atoms. The quantitative estimate of drug-likeness (QED) is 0.426. The van der Waals surface area contributed by atoms with Gasteiger partial charge in [0.1, 0.15) is 6.61 Å². The van der Waals surface area contributed by atoms with E-state index in [1.165, 1.54) is 63.9 Å². The molecule has 166 valence electrons. The maximum absolute atomic E-state index is 14.7. The van der Waals surface area contributed by atoms with Gasteiger partial charge in [-0.2, -0.15) is 4.39 Å². The molecule has 0 bridgehead atoms. The molecule has 0 heterocycles. The molecule has 0 radical (unpaired) electrons. The van der Waals surface area contributed by atoms with Crippen LogP contribution in [0.15, 0.2) is 24.8 Å². The molecule has 3 fully saturated rings. The van der Waals surface area contributed by atoms with E-state index in [4.69, 9.17) is 4.74 Å². The van der Waals surface area contributed by atoms with Crippen molar-refractivity contribution in [1.82, 2.24) is 0 Å².